The summed E-state index contributed by atoms with van der Waals surface area (Å²) >= 11 is 3.36. The Morgan fingerprint density at radius 1 is 1.06 bits per heavy atom. The van der Waals surface area contributed by atoms with Gasteiger partial charge in [-0.25, -0.2) is 12.7 Å². The molecule has 0 aromatic heterocycles. The van der Waals surface area contributed by atoms with E-state index in [9.17, 15) is 22.8 Å². The summed E-state index contributed by atoms with van der Waals surface area (Å²) in [6.07, 6.45) is 0. The third-order valence-electron chi connectivity index (χ3n) is 5.31. The minimum atomic E-state index is -4.14. The normalized spacial score (nSPS) is 15.3. The molecule has 3 rings (SSSR count). The molecular weight excluding hydrogens is 510 g/mol. The van der Waals surface area contributed by atoms with Crippen molar-refractivity contribution in [3.8, 4) is 0 Å². The minimum absolute atomic E-state index is 0.0347. The number of nitrogens with one attached hydrogen (secondary N) is 1. The van der Waals surface area contributed by atoms with Crippen molar-refractivity contribution in [1.29, 1.82) is 0 Å². The van der Waals surface area contributed by atoms with Crippen LogP contribution in [0.25, 0.3) is 0 Å². The Balaban J connectivity index is 1.86. The van der Waals surface area contributed by atoms with Gasteiger partial charge in [-0.3, -0.25) is 14.4 Å². The van der Waals surface area contributed by atoms with E-state index in [0.717, 1.165) is 10.0 Å². The van der Waals surface area contributed by atoms with Gasteiger partial charge in [0, 0.05) is 17.6 Å². The number of halogens is 1. The number of benzene rings is 2. The van der Waals surface area contributed by atoms with Gasteiger partial charge in [-0.2, -0.15) is 0 Å². The van der Waals surface area contributed by atoms with Gasteiger partial charge in [0.25, 0.3) is 15.9 Å². The molecule has 1 aliphatic heterocycles. The Labute approximate surface area is 202 Å². The van der Waals surface area contributed by atoms with Gasteiger partial charge in [-0.1, -0.05) is 54.0 Å². The molecule has 1 atom stereocenters. The van der Waals surface area contributed by atoms with Gasteiger partial charge >= 0.3 is 0 Å². The second-order valence-electron chi connectivity index (χ2n) is 8.28. The monoisotopic (exact) mass is 535 g/mol. The van der Waals surface area contributed by atoms with E-state index in [4.69, 9.17) is 0 Å². The van der Waals surface area contributed by atoms with Crippen molar-refractivity contribution in [2.75, 3.05) is 13.1 Å². The minimum Gasteiger partial charge on any atom is -0.354 e. The lowest BCUT2D eigenvalue weighted by Gasteiger charge is -2.30. The van der Waals surface area contributed by atoms with Crippen LogP contribution in [0.15, 0.2) is 57.9 Å². The molecule has 1 N–H and O–H groups in total. The first-order chi connectivity index (χ1) is 15.5. The van der Waals surface area contributed by atoms with Gasteiger partial charge < -0.3 is 10.2 Å². The zero-order valence-corrected chi connectivity index (χ0v) is 21.0. The lowest BCUT2D eigenvalue weighted by molar-refractivity contribution is -0.140. The maximum atomic E-state index is 13.3. The Morgan fingerprint density at radius 3 is 2.30 bits per heavy atom. The van der Waals surface area contributed by atoms with Gasteiger partial charge in [0.05, 0.1) is 5.56 Å². The van der Waals surface area contributed by atoms with Crippen LogP contribution in [0.1, 0.15) is 36.7 Å². The largest absolute Gasteiger partial charge is 0.354 e. The molecule has 8 nitrogen and oxygen atoms in total. The molecule has 0 spiro atoms. The summed E-state index contributed by atoms with van der Waals surface area (Å²) in [5.74, 6) is -1.52. The summed E-state index contributed by atoms with van der Waals surface area (Å²) in [6, 6.07) is 12.2. The summed E-state index contributed by atoms with van der Waals surface area (Å²) in [5.41, 5.74) is 0.793. The number of hydrogen-bond donors (Lipinski definition) is 1. The fraction of sp³-hybridized carbons (Fsp3) is 0.348. The van der Waals surface area contributed by atoms with Crippen molar-refractivity contribution in [2.45, 2.75) is 38.3 Å². The molecule has 10 heteroatoms. The Bertz CT molecular complexity index is 1160. The Hall–Kier alpha value is -2.72. The van der Waals surface area contributed by atoms with Crippen molar-refractivity contribution in [3.63, 3.8) is 0 Å². The predicted octanol–water partition coefficient (Wildman–Crippen LogP) is 2.78. The van der Waals surface area contributed by atoms with Crippen LogP contribution in [0.5, 0.6) is 0 Å². The number of nitrogens with zero attached hydrogens (tertiary/aromatic N) is 2. The first-order valence-corrected chi connectivity index (χ1v) is 12.7. The van der Waals surface area contributed by atoms with E-state index in [2.05, 4.69) is 21.2 Å². The standard InChI is InChI=1S/C23H26BrN3O5S/c1-15(2)12-25-22(29)16(3)26(13-17-8-10-18(24)11-9-17)21(28)14-27-23(30)19-6-4-5-7-20(19)33(27,31)32/h4-11,15-16H,12-14H2,1-3H3,(H,25,29). The van der Waals surface area contributed by atoms with E-state index in [1.807, 2.05) is 26.0 Å². The molecule has 1 aliphatic rings. The topological polar surface area (TPSA) is 104 Å². The highest BCUT2D eigenvalue weighted by Gasteiger charge is 2.43. The molecule has 33 heavy (non-hydrogen) atoms. The number of rotatable bonds is 8. The zero-order chi connectivity index (χ0) is 24.3. The van der Waals surface area contributed by atoms with Crippen molar-refractivity contribution < 1.29 is 22.8 Å². The van der Waals surface area contributed by atoms with Gasteiger partial charge in [-0.05, 0) is 42.7 Å². The lowest BCUT2D eigenvalue weighted by Crippen LogP contribution is -2.51. The fourth-order valence-corrected chi connectivity index (χ4v) is 5.21. The molecule has 0 saturated carbocycles. The van der Waals surface area contributed by atoms with Gasteiger partial charge in [-0.15, -0.1) is 0 Å². The summed E-state index contributed by atoms with van der Waals surface area (Å²) < 4.78 is 27.2. The van der Waals surface area contributed by atoms with Crippen molar-refractivity contribution in [2.24, 2.45) is 5.92 Å². The average molecular weight is 536 g/mol. The van der Waals surface area contributed by atoms with Crippen LogP contribution in [0, 0.1) is 5.92 Å². The summed E-state index contributed by atoms with van der Waals surface area (Å²) in [5, 5.41) is 2.81. The molecule has 1 heterocycles. The summed E-state index contributed by atoms with van der Waals surface area (Å²) in [4.78, 5) is 40.0. The van der Waals surface area contributed by atoms with Gasteiger partial charge in [0.2, 0.25) is 11.8 Å². The van der Waals surface area contributed by atoms with E-state index in [1.54, 1.807) is 25.1 Å². The van der Waals surface area contributed by atoms with Crippen LogP contribution >= 0.6 is 15.9 Å². The molecule has 0 fully saturated rings. The number of carbonyl (C=O) groups excluding carboxylic acids is 3. The summed E-state index contributed by atoms with van der Waals surface area (Å²) in [6.45, 7) is 5.33. The number of hydrogen-bond acceptors (Lipinski definition) is 5. The van der Waals surface area contributed by atoms with Crippen LogP contribution in [-0.2, 0) is 26.2 Å². The first-order valence-electron chi connectivity index (χ1n) is 10.5. The number of sulfonamides is 1. The highest BCUT2D eigenvalue weighted by molar-refractivity contribution is 9.10. The number of fused-ring (bicyclic) bond motifs is 1. The average Bonchev–Trinajstić information content (AvgIpc) is 2.97. The van der Waals surface area contributed by atoms with Crippen LogP contribution < -0.4 is 5.32 Å². The van der Waals surface area contributed by atoms with E-state index in [1.165, 1.54) is 23.1 Å². The van der Waals surface area contributed by atoms with Crippen molar-refractivity contribution >= 4 is 43.7 Å². The second-order valence-corrected chi connectivity index (χ2v) is 11.0. The smallest absolute Gasteiger partial charge is 0.269 e. The van der Waals surface area contributed by atoms with Crippen LogP contribution in [0.2, 0.25) is 0 Å². The predicted molar refractivity (Wildman–Crippen MR) is 127 cm³/mol. The molecule has 3 amide bonds. The maximum absolute atomic E-state index is 13.3. The Kier molecular flexibility index (Phi) is 7.58. The maximum Gasteiger partial charge on any atom is 0.269 e. The third kappa shape index (κ3) is 5.44. The molecule has 0 aliphatic carbocycles. The van der Waals surface area contributed by atoms with E-state index < -0.39 is 34.4 Å². The highest BCUT2D eigenvalue weighted by atomic mass is 79.9. The molecule has 0 radical (unpaired) electrons. The molecule has 1 unspecified atom stereocenters. The first kappa shape index (κ1) is 24.9. The van der Waals surface area contributed by atoms with Gasteiger partial charge in [0.1, 0.15) is 17.5 Å². The molecule has 0 saturated heterocycles. The van der Waals surface area contributed by atoms with Gasteiger partial charge in [0.15, 0.2) is 0 Å². The number of amides is 3. The summed E-state index contributed by atoms with van der Waals surface area (Å²) in [7, 11) is -4.14. The van der Waals surface area contributed by atoms with Crippen molar-refractivity contribution in [3.05, 3.63) is 64.1 Å². The molecule has 0 bridgehead atoms. The third-order valence-corrected chi connectivity index (χ3v) is 7.62. The van der Waals surface area contributed by atoms with E-state index >= 15 is 0 Å². The SMILES string of the molecule is CC(C)CNC(=O)C(C)N(Cc1ccc(Br)cc1)C(=O)CN1C(=O)c2ccccc2S1(=O)=O. The fourth-order valence-electron chi connectivity index (χ4n) is 3.42. The second kappa shape index (κ2) is 10.0. The van der Waals surface area contributed by atoms with Crippen LogP contribution in [-0.4, -0.2) is 54.5 Å². The molecule has 2 aromatic rings. The lowest BCUT2D eigenvalue weighted by atomic mass is 10.1. The van der Waals surface area contributed by atoms with E-state index in [-0.39, 0.29) is 28.8 Å². The molecule has 2 aromatic carbocycles. The van der Waals surface area contributed by atoms with Crippen LogP contribution in [0.3, 0.4) is 0 Å². The molecular formula is C23H26BrN3O5S. The zero-order valence-electron chi connectivity index (χ0n) is 18.6. The number of carbonyl (C=O) groups is 3. The Morgan fingerprint density at radius 2 is 1.70 bits per heavy atom. The van der Waals surface area contributed by atoms with E-state index in [0.29, 0.717) is 10.8 Å². The van der Waals surface area contributed by atoms with Crippen molar-refractivity contribution in [1.82, 2.24) is 14.5 Å². The highest BCUT2D eigenvalue weighted by Crippen LogP contribution is 2.30. The molecule has 176 valence electrons. The quantitative estimate of drug-likeness (QED) is 0.559. The van der Waals surface area contributed by atoms with Crippen LogP contribution in [0.4, 0.5) is 0 Å².